The minimum atomic E-state index is -0.207. The Morgan fingerprint density at radius 1 is 1.67 bits per heavy atom. The summed E-state index contributed by atoms with van der Waals surface area (Å²) in [4.78, 5) is 13.5. The van der Waals surface area contributed by atoms with E-state index in [1.54, 1.807) is 0 Å². The van der Waals surface area contributed by atoms with Crippen molar-refractivity contribution in [1.29, 1.82) is 0 Å². The molecule has 0 aliphatic carbocycles. The van der Waals surface area contributed by atoms with E-state index in [9.17, 15) is 4.79 Å². The SMILES string of the molecule is CC(=O)OCCCc1ccc[nH]1. The topological polar surface area (TPSA) is 42.1 Å². The van der Waals surface area contributed by atoms with E-state index in [1.165, 1.54) is 12.6 Å². The molecule has 0 amide bonds. The molecule has 1 heterocycles. The minimum Gasteiger partial charge on any atom is -0.466 e. The van der Waals surface area contributed by atoms with Gasteiger partial charge in [-0.05, 0) is 25.0 Å². The Bertz CT molecular complexity index is 229. The van der Waals surface area contributed by atoms with Gasteiger partial charge in [-0.25, -0.2) is 0 Å². The number of aromatic amines is 1. The van der Waals surface area contributed by atoms with Crippen LogP contribution in [0, 0.1) is 0 Å². The van der Waals surface area contributed by atoms with Gasteiger partial charge in [0.15, 0.2) is 0 Å². The Balaban J connectivity index is 2.07. The van der Waals surface area contributed by atoms with Crippen molar-refractivity contribution >= 4 is 5.97 Å². The molecule has 0 bridgehead atoms. The van der Waals surface area contributed by atoms with Crippen molar-refractivity contribution in [3.05, 3.63) is 24.0 Å². The van der Waals surface area contributed by atoms with E-state index in [0.29, 0.717) is 6.61 Å². The molecule has 0 spiro atoms. The molecule has 1 aromatic rings. The summed E-state index contributed by atoms with van der Waals surface area (Å²) in [6.45, 7) is 1.93. The van der Waals surface area contributed by atoms with Gasteiger partial charge in [-0.15, -0.1) is 0 Å². The van der Waals surface area contributed by atoms with Gasteiger partial charge in [-0.2, -0.15) is 0 Å². The van der Waals surface area contributed by atoms with Gasteiger partial charge < -0.3 is 9.72 Å². The van der Waals surface area contributed by atoms with Gasteiger partial charge >= 0.3 is 5.97 Å². The van der Waals surface area contributed by atoms with E-state index in [-0.39, 0.29) is 5.97 Å². The molecule has 0 aliphatic rings. The van der Waals surface area contributed by atoms with Crippen molar-refractivity contribution in [3.8, 4) is 0 Å². The van der Waals surface area contributed by atoms with Gasteiger partial charge in [-0.3, -0.25) is 4.79 Å². The number of hydrogen-bond acceptors (Lipinski definition) is 2. The third-order valence-corrected chi connectivity index (χ3v) is 1.56. The number of aryl methyl sites for hydroxylation is 1. The maximum atomic E-state index is 10.4. The van der Waals surface area contributed by atoms with Crippen LogP contribution in [0.3, 0.4) is 0 Å². The fourth-order valence-corrected chi connectivity index (χ4v) is 1.00. The van der Waals surface area contributed by atoms with Crippen LogP contribution < -0.4 is 0 Å². The Morgan fingerprint density at radius 2 is 2.50 bits per heavy atom. The number of hydrogen-bond donors (Lipinski definition) is 1. The lowest BCUT2D eigenvalue weighted by atomic mass is 10.2. The Morgan fingerprint density at radius 3 is 3.08 bits per heavy atom. The van der Waals surface area contributed by atoms with Crippen LogP contribution in [0.2, 0.25) is 0 Å². The van der Waals surface area contributed by atoms with Crippen LogP contribution in [-0.2, 0) is 16.0 Å². The predicted molar refractivity (Wildman–Crippen MR) is 45.7 cm³/mol. The number of aromatic nitrogens is 1. The molecule has 0 unspecified atom stereocenters. The normalized spacial score (nSPS) is 9.75. The van der Waals surface area contributed by atoms with Crippen LogP contribution in [0.4, 0.5) is 0 Å². The van der Waals surface area contributed by atoms with Gasteiger partial charge in [0.2, 0.25) is 0 Å². The van der Waals surface area contributed by atoms with Crippen molar-refractivity contribution in [2.75, 3.05) is 6.61 Å². The largest absolute Gasteiger partial charge is 0.466 e. The third kappa shape index (κ3) is 3.23. The maximum Gasteiger partial charge on any atom is 0.302 e. The fourth-order valence-electron chi connectivity index (χ4n) is 1.00. The number of carbonyl (C=O) groups excluding carboxylic acids is 1. The molecule has 0 atom stereocenters. The molecule has 1 aromatic heterocycles. The number of rotatable bonds is 4. The monoisotopic (exact) mass is 167 g/mol. The van der Waals surface area contributed by atoms with Crippen molar-refractivity contribution in [1.82, 2.24) is 4.98 Å². The van der Waals surface area contributed by atoms with Gasteiger partial charge in [-0.1, -0.05) is 0 Å². The van der Waals surface area contributed by atoms with Crippen LogP contribution in [0.1, 0.15) is 19.0 Å². The van der Waals surface area contributed by atoms with E-state index in [0.717, 1.165) is 12.8 Å². The smallest absolute Gasteiger partial charge is 0.302 e. The molecule has 0 radical (unpaired) electrons. The highest BCUT2D eigenvalue weighted by Gasteiger charge is 1.94. The summed E-state index contributed by atoms with van der Waals surface area (Å²) in [5.41, 5.74) is 1.18. The average Bonchev–Trinajstić information content (AvgIpc) is 2.49. The summed E-state index contributed by atoms with van der Waals surface area (Å²) in [6.07, 6.45) is 3.70. The predicted octanol–water partition coefficient (Wildman–Crippen LogP) is 1.51. The lowest BCUT2D eigenvalue weighted by Gasteiger charge is -1.99. The molecule has 0 saturated carbocycles. The zero-order chi connectivity index (χ0) is 8.81. The molecule has 0 fully saturated rings. The van der Waals surface area contributed by atoms with E-state index < -0.39 is 0 Å². The highest BCUT2D eigenvalue weighted by atomic mass is 16.5. The Kier molecular flexibility index (Phi) is 3.38. The summed E-state index contributed by atoms with van der Waals surface area (Å²) >= 11 is 0. The van der Waals surface area contributed by atoms with Crippen LogP contribution in [0.25, 0.3) is 0 Å². The fraction of sp³-hybridized carbons (Fsp3) is 0.444. The lowest BCUT2D eigenvalue weighted by molar-refractivity contribution is -0.141. The molecule has 0 aromatic carbocycles. The van der Waals surface area contributed by atoms with Crippen LogP contribution >= 0.6 is 0 Å². The van der Waals surface area contributed by atoms with Gasteiger partial charge in [0.05, 0.1) is 6.61 Å². The van der Waals surface area contributed by atoms with Crippen molar-refractivity contribution < 1.29 is 9.53 Å². The quantitative estimate of drug-likeness (QED) is 0.545. The van der Waals surface area contributed by atoms with E-state index in [2.05, 4.69) is 4.98 Å². The standard InChI is InChI=1S/C9H13NO2/c1-8(11)12-7-3-5-9-4-2-6-10-9/h2,4,6,10H,3,5,7H2,1H3. The number of nitrogens with one attached hydrogen (secondary N) is 1. The molecule has 1 N–H and O–H groups in total. The summed E-state index contributed by atoms with van der Waals surface area (Å²) < 4.78 is 4.79. The third-order valence-electron chi connectivity index (χ3n) is 1.56. The van der Waals surface area contributed by atoms with E-state index in [4.69, 9.17) is 4.74 Å². The second-order valence-electron chi connectivity index (χ2n) is 2.64. The molecular formula is C9H13NO2. The molecule has 12 heavy (non-hydrogen) atoms. The van der Waals surface area contributed by atoms with Crippen molar-refractivity contribution in [2.24, 2.45) is 0 Å². The Labute approximate surface area is 71.7 Å². The van der Waals surface area contributed by atoms with Gasteiger partial charge in [0.1, 0.15) is 0 Å². The number of ether oxygens (including phenoxy) is 1. The van der Waals surface area contributed by atoms with E-state index >= 15 is 0 Å². The second-order valence-corrected chi connectivity index (χ2v) is 2.64. The van der Waals surface area contributed by atoms with E-state index in [1.807, 2.05) is 18.3 Å². The first-order chi connectivity index (χ1) is 5.79. The first-order valence-corrected chi connectivity index (χ1v) is 4.04. The summed E-state index contributed by atoms with van der Waals surface area (Å²) in [7, 11) is 0. The molecule has 0 saturated heterocycles. The highest BCUT2D eigenvalue weighted by Crippen LogP contribution is 1.98. The van der Waals surface area contributed by atoms with Crippen molar-refractivity contribution in [2.45, 2.75) is 19.8 Å². The maximum absolute atomic E-state index is 10.4. The Hall–Kier alpha value is -1.25. The molecule has 3 heteroatoms. The van der Waals surface area contributed by atoms with Gasteiger partial charge in [0.25, 0.3) is 0 Å². The number of carbonyl (C=O) groups is 1. The number of H-pyrrole nitrogens is 1. The average molecular weight is 167 g/mol. The lowest BCUT2D eigenvalue weighted by Crippen LogP contribution is -2.01. The summed E-state index contributed by atoms with van der Waals surface area (Å²) in [6, 6.07) is 3.98. The van der Waals surface area contributed by atoms with Crippen LogP contribution in [-0.4, -0.2) is 17.6 Å². The molecule has 3 nitrogen and oxygen atoms in total. The van der Waals surface area contributed by atoms with Crippen LogP contribution in [0.5, 0.6) is 0 Å². The highest BCUT2D eigenvalue weighted by molar-refractivity contribution is 5.65. The van der Waals surface area contributed by atoms with Crippen molar-refractivity contribution in [3.63, 3.8) is 0 Å². The molecule has 66 valence electrons. The summed E-state index contributed by atoms with van der Waals surface area (Å²) in [5, 5.41) is 0. The number of esters is 1. The molecular weight excluding hydrogens is 154 g/mol. The minimum absolute atomic E-state index is 0.207. The molecule has 0 aliphatic heterocycles. The second kappa shape index (κ2) is 4.59. The summed E-state index contributed by atoms with van der Waals surface area (Å²) in [5.74, 6) is -0.207. The van der Waals surface area contributed by atoms with Gasteiger partial charge in [0, 0.05) is 18.8 Å². The molecule has 1 rings (SSSR count). The zero-order valence-electron chi connectivity index (χ0n) is 7.17. The first kappa shape index (κ1) is 8.84. The van der Waals surface area contributed by atoms with Crippen LogP contribution in [0.15, 0.2) is 18.3 Å². The zero-order valence-corrected chi connectivity index (χ0v) is 7.17. The first-order valence-electron chi connectivity index (χ1n) is 4.04.